The van der Waals surface area contributed by atoms with E-state index in [1.807, 2.05) is 72.8 Å². The van der Waals surface area contributed by atoms with Gasteiger partial charge in [0.15, 0.2) is 0 Å². The highest BCUT2D eigenvalue weighted by Gasteiger charge is 2.39. The van der Waals surface area contributed by atoms with Crippen LogP contribution in [0.15, 0.2) is 103 Å². The second kappa shape index (κ2) is 31.3. The first-order chi connectivity index (χ1) is 33.6. The van der Waals surface area contributed by atoms with Crippen LogP contribution in [0.25, 0.3) is 28.3 Å². The summed E-state index contributed by atoms with van der Waals surface area (Å²) in [5.74, 6) is 1.55. The van der Waals surface area contributed by atoms with Crippen molar-refractivity contribution in [2.75, 3.05) is 0 Å². The van der Waals surface area contributed by atoms with Crippen LogP contribution >= 0.6 is 0 Å². The fourth-order valence-electron chi connectivity index (χ4n) is 9.72. The van der Waals surface area contributed by atoms with Gasteiger partial charge < -0.3 is 23.9 Å². The van der Waals surface area contributed by atoms with Gasteiger partial charge in [0.25, 0.3) is 0 Å². The summed E-state index contributed by atoms with van der Waals surface area (Å²) in [7, 11) is -1.04. The van der Waals surface area contributed by atoms with Crippen LogP contribution in [0.2, 0.25) is 0 Å². The van der Waals surface area contributed by atoms with E-state index in [0.29, 0.717) is 28.6 Å². The maximum absolute atomic E-state index is 13.9. The van der Waals surface area contributed by atoms with Crippen LogP contribution < -0.4 is 9.31 Å². The summed E-state index contributed by atoms with van der Waals surface area (Å²) >= 11 is 0. The molecule has 6 rings (SSSR count). The average Bonchev–Trinajstić information content (AvgIpc) is 4.16. The quantitative estimate of drug-likeness (QED) is 0.0137. The minimum Gasteiger partial charge on any atom is -0.488 e. The molecule has 0 unspecified atom stereocenters. The Bertz CT molecular complexity index is 2100. The molecule has 0 fully saturated rings. The number of fused-ring (bicyclic) bond motifs is 1. The largest absolute Gasteiger partial charge is 0.864 e. The Morgan fingerprint density at radius 3 is 1.21 bits per heavy atom. The zero-order valence-corrected chi connectivity index (χ0v) is 42.2. The van der Waals surface area contributed by atoms with Crippen molar-refractivity contribution < 1.29 is 18.8 Å². The van der Waals surface area contributed by atoms with Crippen molar-refractivity contribution in [1.82, 2.24) is 9.97 Å². The number of hydrogen-bond donors (Lipinski definition) is 2. The van der Waals surface area contributed by atoms with Gasteiger partial charge in [-0.3, -0.25) is 4.79 Å². The smallest absolute Gasteiger partial charge is 0.488 e. The lowest BCUT2D eigenvalue weighted by Crippen LogP contribution is -2.28. The highest BCUT2D eigenvalue weighted by Crippen LogP contribution is 2.39. The number of carbonyl (C=O) groups is 1. The SMILES string of the molecule is CCCCCCCCCCCCCCCCc1cc2c(cc1CCCCCCCCCCCCCCCC)OB(O/C(=C\C(=O)c1ccc(-c3ccccc3)[nH]1)c1ccc(-c3ccccc3)[nH]1)O2. The van der Waals surface area contributed by atoms with Gasteiger partial charge in [0.1, 0.15) is 17.3 Å². The van der Waals surface area contributed by atoms with E-state index in [2.05, 4.69) is 48.1 Å². The van der Waals surface area contributed by atoms with Crippen molar-refractivity contribution in [3.8, 4) is 34.0 Å². The Balaban J connectivity index is 1.05. The number of hydrogen-bond acceptors (Lipinski definition) is 4. The zero-order valence-electron chi connectivity index (χ0n) is 42.2. The first-order valence-electron chi connectivity index (χ1n) is 27.5. The Morgan fingerprint density at radius 1 is 0.456 bits per heavy atom. The minimum absolute atomic E-state index is 0.209. The van der Waals surface area contributed by atoms with Gasteiger partial charge in [0.05, 0.1) is 11.4 Å². The summed E-state index contributed by atoms with van der Waals surface area (Å²) in [6.07, 6.45) is 41.7. The lowest BCUT2D eigenvalue weighted by atomic mass is 9.95. The molecular formula is C61H85BN2O4. The van der Waals surface area contributed by atoms with E-state index in [0.717, 1.165) is 35.4 Å². The number of aryl methyl sites for hydroxylation is 2. The van der Waals surface area contributed by atoms with E-state index >= 15 is 0 Å². The van der Waals surface area contributed by atoms with Gasteiger partial charge in [0, 0.05) is 17.5 Å². The summed E-state index contributed by atoms with van der Waals surface area (Å²) < 4.78 is 19.4. The van der Waals surface area contributed by atoms with E-state index in [9.17, 15) is 4.79 Å². The minimum atomic E-state index is -1.04. The Hall–Kier alpha value is -4.91. The number of nitrogens with one attached hydrogen (secondary N) is 2. The summed E-state index contributed by atoms with van der Waals surface area (Å²) in [5.41, 5.74) is 7.72. The van der Waals surface area contributed by atoms with Crippen molar-refractivity contribution in [2.45, 2.75) is 206 Å². The van der Waals surface area contributed by atoms with E-state index in [4.69, 9.17) is 14.0 Å². The zero-order chi connectivity index (χ0) is 47.3. The molecule has 7 heteroatoms. The van der Waals surface area contributed by atoms with Crippen LogP contribution in [-0.2, 0) is 17.5 Å². The van der Waals surface area contributed by atoms with Crippen LogP contribution in [0, 0.1) is 0 Å². The fraction of sp³-hybridized carbons (Fsp3) is 0.525. The molecule has 0 bridgehead atoms. The maximum atomic E-state index is 13.9. The highest BCUT2D eigenvalue weighted by molar-refractivity contribution is 6.41. The highest BCUT2D eigenvalue weighted by atomic mass is 16.8. The first kappa shape index (κ1) is 52.5. The van der Waals surface area contributed by atoms with E-state index in [1.165, 1.54) is 197 Å². The van der Waals surface area contributed by atoms with Crippen LogP contribution in [-0.4, -0.2) is 23.1 Å². The number of allylic oxidation sites excluding steroid dienone is 1. The molecule has 0 aliphatic carbocycles. The lowest BCUT2D eigenvalue weighted by molar-refractivity contribution is 0.104. The summed E-state index contributed by atoms with van der Waals surface area (Å²) in [6.45, 7) is 4.59. The van der Waals surface area contributed by atoms with Gasteiger partial charge in [-0.25, -0.2) is 0 Å². The normalized spacial score (nSPS) is 12.3. The molecule has 0 atom stereocenters. The third kappa shape index (κ3) is 18.5. The predicted molar refractivity (Wildman–Crippen MR) is 287 cm³/mol. The molecule has 3 heterocycles. The van der Waals surface area contributed by atoms with Crippen LogP contribution in [0.5, 0.6) is 11.5 Å². The lowest BCUT2D eigenvalue weighted by Gasteiger charge is -2.12. The van der Waals surface area contributed by atoms with Gasteiger partial charge in [-0.1, -0.05) is 241 Å². The van der Waals surface area contributed by atoms with Gasteiger partial charge in [-0.05, 0) is 84.3 Å². The Morgan fingerprint density at radius 2 is 0.809 bits per heavy atom. The van der Waals surface area contributed by atoms with Crippen LogP contribution in [0.1, 0.15) is 221 Å². The Labute approximate surface area is 412 Å². The van der Waals surface area contributed by atoms with Crippen molar-refractivity contribution in [2.24, 2.45) is 0 Å². The molecule has 0 amide bonds. The molecule has 2 aromatic heterocycles. The molecule has 0 spiro atoms. The fourth-order valence-corrected chi connectivity index (χ4v) is 9.72. The third-order valence-electron chi connectivity index (χ3n) is 13.9. The average molecular weight is 921 g/mol. The second-order valence-corrected chi connectivity index (χ2v) is 19.6. The Kier molecular flexibility index (Phi) is 24.1. The van der Waals surface area contributed by atoms with Gasteiger partial charge >= 0.3 is 7.32 Å². The number of H-pyrrole nitrogens is 2. The topological polar surface area (TPSA) is 76.3 Å². The molecule has 1 aliphatic heterocycles. The van der Waals surface area contributed by atoms with Crippen molar-refractivity contribution in [3.05, 3.63) is 126 Å². The third-order valence-corrected chi connectivity index (χ3v) is 13.9. The first-order valence-corrected chi connectivity index (χ1v) is 27.5. The molecule has 3 aromatic carbocycles. The van der Waals surface area contributed by atoms with Crippen molar-refractivity contribution in [3.63, 3.8) is 0 Å². The molecule has 5 aromatic rings. The number of benzene rings is 3. The summed E-state index contributed by atoms with van der Waals surface area (Å²) in [6, 6.07) is 32.3. The molecular weight excluding hydrogens is 835 g/mol. The number of aromatic amines is 2. The predicted octanol–water partition coefficient (Wildman–Crippen LogP) is 18.4. The maximum Gasteiger partial charge on any atom is 0.864 e. The van der Waals surface area contributed by atoms with Crippen molar-refractivity contribution >= 4 is 18.9 Å². The molecule has 0 radical (unpaired) electrons. The van der Waals surface area contributed by atoms with E-state index < -0.39 is 7.32 Å². The summed E-state index contributed by atoms with van der Waals surface area (Å²) in [4.78, 5) is 20.7. The molecule has 0 saturated heterocycles. The molecule has 68 heavy (non-hydrogen) atoms. The van der Waals surface area contributed by atoms with Gasteiger partial charge in [-0.2, -0.15) is 0 Å². The molecule has 1 aliphatic rings. The monoisotopic (exact) mass is 921 g/mol. The standard InChI is InChI=1S/C61H85BN2O4/c1-3-5-7-9-11-13-15-17-19-21-23-25-27-31-41-52-47-60-61(48-53(52)42-32-28-26-24-22-20-18-16-14-12-10-8-6-4-2)68-62(67-60)66-59(57-46-44-55(64-57)51-39-35-30-36-40-51)49-58(65)56-45-43-54(63-56)50-37-33-29-34-38-50/h29-30,33-40,43-49,63-64H,3-28,31-32,41-42H2,1-2H3/b59-49-. The van der Waals surface area contributed by atoms with Crippen LogP contribution in [0.4, 0.5) is 0 Å². The molecule has 2 N–H and O–H groups in total. The van der Waals surface area contributed by atoms with E-state index in [1.54, 1.807) is 0 Å². The van der Waals surface area contributed by atoms with Crippen molar-refractivity contribution in [1.29, 1.82) is 0 Å². The van der Waals surface area contributed by atoms with Crippen LogP contribution in [0.3, 0.4) is 0 Å². The number of ketones is 1. The molecule has 366 valence electrons. The number of unbranched alkanes of at least 4 members (excludes halogenated alkanes) is 26. The second-order valence-electron chi connectivity index (χ2n) is 19.6. The number of carbonyl (C=O) groups excluding carboxylic acids is 1. The number of aromatic nitrogens is 2. The number of rotatable bonds is 37. The molecule has 0 saturated carbocycles. The van der Waals surface area contributed by atoms with Gasteiger partial charge in [0.2, 0.25) is 5.78 Å². The van der Waals surface area contributed by atoms with E-state index in [-0.39, 0.29) is 5.78 Å². The summed E-state index contributed by atoms with van der Waals surface area (Å²) in [5, 5.41) is 0. The van der Waals surface area contributed by atoms with Gasteiger partial charge in [-0.15, -0.1) is 0 Å². The molecule has 6 nitrogen and oxygen atoms in total.